The highest BCUT2D eigenvalue weighted by molar-refractivity contribution is 6.33. The molecule has 0 saturated carbocycles. The zero-order valence-electron chi connectivity index (χ0n) is 10.8. The Labute approximate surface area is 118 Å². The van der Waals surface area contributed by atoms with Crippen LogP contribution in [0.5, 0.6) is 0 Å². The molecule has 19 heavy (non-hydrogen) atoms. The van der Waals surface area contributed by atoms with Crippen LogP contribution >= 0.6 is 11.6 Å². The number of rotatable bonds is 2. The largest absolute Gasteiger partial charge is 0.393 e. The molecule has 0 unspecified atom stereocenters. The Morgan fingerprint density at radius 2 is 2.32 bits per heavy atom. The molecule has 0 radical (unpaired) electrons. The lowest BCUT2D eigenvalue weighted by atomic mass is 9.89. The molecule has 2 fully saturated rings. The highest BCUT2D eigenvalue weighted by Gasteiger charge is 2.38. The van der Waals surface area contributed by atoms with Gasteiger partial charge in [-0.25, -0.2) is 0 Å². The van der Waals surface area contributed by atoms with Gasteiger partial charge >= 0.3 is 0 Å². The highest BCUT2D eigenvalue weighted by Crippen LogP contribution is 2.36. The van der Waals surface area contributed by atoms with Gasteiger partial charge in [0, 0.05) is 37.5 Å². The van der Waals surface area contributed by atoms with Gasteiger partial charge in [-0.1, -0.05) is 11.6 Å². The molecule has 3 rings (SSSR count). The predicted molar refractivity (Wildman–Crippen MR) is 74.5 cm³/mol. The average molecular weight is 283 g/mol. The van der Waals surface area contributed by atoms with E-state index in [0.29, 0.717) is 24.3 Å². The van der Waals surface area contributed by atoms with Gasteiger partial charge in [0.1, 0.15) is 0 Å². The van der Waals surface area contributed by atoms with Crippen LogP contribution in [0.4, 0.5) is 5.69 Å². The molecule has 104 valence electrons. The van der Waals surface area contributed by atoms with E-state index in [4.69, 9.17) is 16.3 Å². The Hall–Kier alpha value is -0.840. The second kappa shape index (κ2) is 5.65. The van der Waals surface area contributed by atoms with Crippen molar-refractivity contribution in [2.24, 2.45) is 5.92 Å². The fraction of sp³-hybridized carbons (Fsp3) is 0.643. The van der Waals surface area contributed by atoms with Crippen molar-refractivity contribution in [3.05, 3.63) is 23.5 Å². The second-order valence-corrected chi connectivity index (χ2v) is 5.73. The van der Waals surface area contributed by atoms with E-state index in [1.807, 2.05) is 6.07 Å². The molecule has 2 saturated heterocycles. The molecule has 0 amide bonds. The SMILES string of the molecule is O[C@@H]1CCOC[C@@H]1[C@H]1CCCN1c1ccncc1Cl. The molecule has 5 heteroatoms. The standard InChI is InChI=1S/C14H19ClN2O2/c15-11-8-16-5-3-13(11)17-6-1-2-12(17)10-9-19-7-4-14(10)18/h3,5,8,10,12,14,18H,1-2,4,6-7,9H2/t10-,12-,14-/m1/s1. The summed E-state index contributed by atoms with van der Waals surface area (Å²) in [5, 5.41) is 10.9. The first-order chi connectivity index (χ1) is 9.27. The Morgan fingerprint density at radius 3 is 3.11 bits per heavy atom. The molecule has 3 atom stereocenters. The average Bonchev–Trinajstić information content (AvgIpc) is 2.89. The van der Waals surface area contributed by atoms with Gasteiger partial charge in [0.15, 0.2) is 0 Å². The van der Waals surface area contributed by atoms with Gasteiger partial charge in [-0.05, 0) is 25.3 Å². The minimum absolute atomic E-state index is 0.181. The van der Waals surface area contributed by atoms with Crippen LogP contribution in [0.15, 0.2) is 18.5 Å². The van der Waals surface area contributed by atoms with Gasteiger partial charge < -0.3 is 14.7 Å². The normalized spacial score (nSPS) is 31.7. The van der Waals surface area contributed by atoms with Gasteiger partial charge in [0.2, 0.25) is 0 Å². The fourth-order valence-corrected chi connectivity index (χ4v) is 3.48. The van der Waals surface area contributed by atoms with E-state index in [1.54, 1.807) is 12.4 Å². The van der Waals surface area contributed by atoms with Gasteiger partial charge in [0.25, 0.3) is 0 Å². The van der Waals surface area contributed by atoms with Crippen LogP contribution in [0.1, 0.15) is 19.3 Å². The maximum absolute atomic E-state index is 10.2. The third kappa shape index (κ3) is 2.57. The smallest absolute Gasteiger partial charge is 0.0822 e. The number of halogens is 1. The maximum Gasteiger partial charge on any atom is 0.0822 e. The Kier molecular flexibility index (Phi) is 3.91. The van der Waals surface area contributed by atoms with Crippen molar-refractivity contribution in [1.29, 1.82) is 0 Å². The molecule has 3 heterocycles. The maximum atomic E-state index is 10.2. The lowest BCUT2D eigenvalue weighted by Crippen LogP contribution is -2.46. The molecule has 0 spiro atoms. The van der Waals surface area contributed by atoms with Crippen LogP contribution in [-0.4, -0.2) is 42.0 Å². The summed E-state index contributed by atoms with van der Waals surface area (Å²) >= 11 is 6.25. The molecule has 0 bridgehead atoms. The number of pyridine rings is 1. The number of aliphatic hydroxyl groups is 1. The summed E-state index contributed by atoms with van der Waals surface area (Å²) in [6.07, 6.45) is 6.14. The Bertz CT molecular complexity index is 443. The minimum atomic E-state index is -0.264. The third-order valence-electron chi connectivity index (χ3n) is 4.22. The first-order valence-corrected chi connectivity index (χ1v) is 7.27. The molecule has 0 aromatic carbocycles. The van der Waals surface area contributed by atoms with E-state index in [2.05, 4.69) is 9.88 Å². The molecule has 2 aliphatic heterocycles. The summed E-state index contributed by atoms with van der Waals surface area (Å²) < 4.78 is 5.55. The van der Waals surface area contributed by atoms with Crippen LogP contribution in [0.2, 0.25) is 5.02 Å². The summed E-state index contributed by atoms with van der Waals surface area (Å²) in [6, 6.07) is 2.27. The van der Waals surface area contributed by atoms with E-state index in [1.165, 1.54) is 0 Å². The Balaban J connectivity index is 1.83. The second-order valence-electron chi connectivity index (χ2n) is 5.32. The fourth-order valence-electron chi connectivity index (χ4n) is 3.25. The van der Waals surface area contributed by atoms with Crippen molar-refractivity contribution in [3.63, 3.8) is 0 Å². The monoisotopic (exact) mass is 282 g/mol. The van der Waals surface area contributed by atoms with Crippen molar-refractivity contribution in [2.45, 2.75) is 31.4 Å². The summed E-state index contributed by atoms with van der Waals surface area (Å²) in [7, 11) is 0. The summed E-state index contributed by atoms with van der Waals surface area (Å²) in [6.45, 7) is 2.29. The zero-order chi connectivity index (χ0) is 13.2. The number of nitrogens with zero attached hydrogens (tertiary/aromatic N) is 2. The number of hydrogen-bond acceptors (Lipinski definition) is 4. The molecule has 1 aromatic rings. The molecular weight excluding hydrogens is 264 g/mol. The lowest BCUT2D eigenvalue weighted by Gasteiger charge is -2.38. The number of hydrogen-bond donors (Lipinski definition) is 1. The number of aliphatic hydroxyl groups excluding tert-OH is 1. The van der Waals surface area contributed by atoms with Crippen molar-refractivity contribution < 1.29 is 9.84 Å². The first kappa shape index (κ1) is 13.2. The topological polar surface area (TPSA) is 45.6 Å². The quantitative estimate of drug-likeness (QED) is 0.902. The molecule has 4 nitrogen and oxygen atoms in total. The molecular formula is C14H19ClN2O2. The van der Waals surface area contributed by atoms with Crippen molar-refractivity contribution in [2.75, 3.05) is 24.7 Å². The van der Waals surface area contributed by atoms with Crippen molar-refractivity contribution in [1.82, 2.24) is 4.98 Å². The minimum Gasteiger partial charge on any atom is -0.393 e. The van der Waals surface area contributed by atoms with Crippen LogP contribution in [-0.2, 0) is 4.74 Å². The van der Waals surface area contributed by atoms with Crippen LogP contribution in [0.25, 0.3) is 0 Å². The van der Waals surface area contributed by atoms with E-state index < -0.39 is 0 Å². The van der Waals surface area contributed by atoms with Gasteiger partial charge in [-0.3, -0.25) is 4.98 Å². The van der Waals surface area contributed by atoms with E-state index in [-0.39, 0.29) is 12.0 Å². The number of aromatic nitrogens is 1. The van der Waals surface area contributed by atoms with Gasteiger partial charge in [0.05, 0.1) is 23.4 Å². The van der Waals surface area contributed by atoms with E-state index in [0.717, 1.165) is 31.5 Å². The summed E-state index contributed by atoms with van der Waals surface area (Å²) in [4.78, 5) is 6.35. The van der Waals surface area contributed by atoms with E-state index >= 15 is 0 Å². The molecule has 2 aliphatic rings. The highest BCUT2D eigenvalue weighted by atomic mass is 35.5. The van der Waals surface area contributed by atoms with Crippen LogP contribution < -0.4 is 4.90 Å². The molecule has 1 aromatic heterocycles. The summed E-state index contributed by atoms with van der Waals surface area (Å²) in [5.74, 6) is 0.181. The van der Waals surface area contributed by atoms with Gasteiger partial charge in [-0.2, -0.15) is 0 Å². The Morgan fingerprint density at radius 1 is 1.42 bits per heavy atom. The predicted octanol–water partition coefficient (Wildman–Crippen LogP) is 2.10. The number of anilines is 1. The van der Waals surface area contributed by atoms with Gasteiger partial charge in [-0.15, -0.1) is 0 Å². The van der Waals surface area contributed by atoms with E-state index in [9.17, 15) is 5.11 Å². The third-order valence-corrected chi connectivity index (χ3v) is 4.51. The lowest BCUT2D eigenvalue weighted by molar-refractivity contribution is -0.0437. The molecule has 0 aliphatic carbocycles. The summed E-state index contributed by atoms with van der Waals surface area (Å²) in [5.41, 5.74) is 1.02. The zero-order valence-corrected chi connectivity index (χ0v) is 11.6. The first-order valence-electron chi connectivity index (χ1n) is 6.89. The van der Waals surface area contributed by atoms with Crippen LogP contribution in [0, 0.1) is 5.92 Å². The van der Waals surface area contributed by atoms with Crippen LogP contribution in [0.3, 0.4) is 0 Å². The van der Waals surface area contributed by atoms with Crippen molar-refractivity contribution >= 4 is 17.3 Å². The molecule has 1 N–H and O–H groups in total. The van der Waals surface area contributed by atoms with Crippen molar-refractivity contribution in [3.8, 4) is 0 Å². The number of ether oxygens (including phenoxy) is 1.